The largest absolute Gasteiger partial charge is 0.481 e. The van der Waals surface area contributed by atoms with E-state index in [2.05, 4.69) is 12.1 Å². The molecular weight excluding hydrogens is 300 g/mol. The number of carbonyl (C=O) groups is 1. The molecule has 0 unspecified atom stereocenters. The van der Waals surface area contributed by atoms with E-state index in [1.165, 1.54) is 5.56 Å². The average Bonchev–Trinajstić information content (AvgIpc) is 2.62. The minimum Gasteiger partial charge on any atom is -0.481 e. The highest BCUT2D eigenvalue weighted by atomic mass is 16.5. The summed E-state index contributed by atoms with van der Waals surface area (Å²) in [5.74, 6) is 0.725. The fourth-order valence-electron chi connectivity index (χ4n) is 2.46. The van der Waals surface area contributed by atoms with Crippen LogP contribution in [0.4, 0.5) is 0 Å². The Kier molecular flexibility index (Phi) is 4.92. The van der Waals surface area contributed by atoms with Crippen LogP contribution in [0.5, 0.6) is 11.5 Å². The first-order valence-corrected chi connectivity index (χ1v) is 7.85. The van der Waals surface area contributed by atoms with Gasteiger partial charge in [-0.05, 0) is 47.4 Å². The lowest BCUT2D eigenvalue weighted by Crippen LogP contribution is -1.97. The molecule has 3 nitrogen and oxygen atoms in total. The zero-order valence-corrected chi connectivity index (χ0v) is 13.2. The summed E-state index contributed by atoms with van der Waals surface area (Å²) in [4.78, 5) is 10.6. The normalized spacial score (nSPS) is 10.3. The van der Waals surface area contributed by atoms with Crippen molar-refractivity contribution in [2.24, 2.45) is 0 Å². The molecule has 3 aromatic carbocycles. The van der Waals surface area contributed by atoms with Crippen molar-refractivity contribution in [2.45, 2.75) is 12.8 Å². The highest BCUT2D eigenvalue weighted by Gasteiger charge is 2.02. The predicted molar refractivity (Wildman–Crippen MR) is 94.4 cm³/mol. The number of benzene rings is 3. The van der Waals surface area contributed by atoms with Gasteiger partial charge >= 0.3 is 5.97 Å². The third-order valence-corrected chi connectivity index (χ3v) is 3.75. The van der Waals surface area contributed by atoms with Crippen molar-refractivity contribution in [3.63, 3.8) is 0 Å². The number of hydrogen-bond acceptors (Lipinski definition) is 2. The van der Waals surface area contributed by atoms with Crippen molar-refractivity contribution in [1.29, 1.82) is 0 Å². The van der Waals surface area contributed by atoms with Crippen LogP contribution in [0.25, 0.3) is 11.1 Å². The average molecular weight is 318 g/mol. The number of aliphatic carboxylic acids is 1. The zero-order chi connectivity index (χ0) is 16.8. The fourth-order valence-corrected chi connectivity index (χ4v) is 2.46. The second-order valence-electron chi connectivity index (χ2n) is 5.53. The SMILES string of the molecule is O=C(O)CCc1ccc(Oc2ccc(-c3ccccc3)cc2)cc1. The summed E-state index contributed by atoms with van der Waals surface area (Å²) in [6, 6.07) is 25.7. The lowest BCUT2D eigenvalue weighted by molar-refractivity contribution is -0.136. The van der Waals surface area contributed by atoms with E-state index >= 15 is 0 Å². The quantitative estimate of drug-likeness (QED) is 0.682. The number of rotatable bonds is 6. The molecule has 0 spiro atoms. The van der Waals surface area contributed by atoms with E-state index in [4.69, 9.17) is 9.84 Å². The topological polar surface area (TPSA) is 46.5 Å². The van der Waals surface area contributed by atoms with Gasteiger partial charge in [0.15, 0.2) is 0 Å². The fraction of sp³-hybridized carbons (Fsp3) is 0.0952. The first-order chi connectivity index (χ1) is 11.7. The van der Waals surface area contributed by atoms with Crippen LogP contribution in [0.3, 0.4) is 0 Å². The molecule has 0 bridgehead atoms. The van der Waals surface area contributed by atoms with Gasteiger partial charge in [-0.25, -0.2) is 0 Å². The van der Waals surface area contributed by atoms with Gasteiger partial charge in [-0.3, -0.25) is 4.79 Å². The van der Waals surface area contributed by atoms with Crippen LogP contribution in [0.15, 0.2) is 78.9 Å². The van der Waals surface area contributed by atoms with Crippen molar-refractivity contribution in [1.82, 2.24) is 0 Å². The number of carboxylic acids is 1. The molecule has 0 fully saturated rings. The van der Waals surface area contributed by atoms with E-state index < -0.39 is 5.97 Å². The summed E-state index contributed by atoms with van der Waals surface area (Å²) in [6.45, 7) is 0. The summed E-state index contributed by atoms with van der Waals surface area (Å²) >= 11 is 0. The molecule has 0 aromatic heterocycles. The Bertz CT molecular complexity index is 791. The van der Waals surface area contributed by atoms with E-state index in [0.717, 1.165) is 22.6 Å². The Morgan fingerprint density at radius 1 is 0.750 bits per heavy atom. The Morgan fingerprint density at radius 3 is 1.88 bits per heavy atom. The second-order valence-corrected chi connectivity index (χ2v) is 5.53. The second kappa shape index (κ2) is 7.47. The summed E-state index contributed by atoms with van der Waals surface area (Å²) < 4.78 is 5.83. The van der Waals surface area contributed by atoms with Crippen LogP contribution in [0.2, 0.25) is 0 Å². The van der Waals surface area contributed by atoms with Gasteiger partial charge in [0.05, 0.1) is 0 Å². The van der Waals surface area contributed by atoms with Crippen LogP contribution in [-0.2, 0) is 11.2 Å². The number of aryl methyl sites for hydroxylation is 1. The molecule has 3 heteroatoms. The van der Waals surface area contributed by atoms with Gasteiger partial charge in [0, 0.05) is 6.42 Å². The van der Waals surface area contributed by atoms with Crippen LogP contribution < -0.4 is 4.74 Å². The molecule has 0 heterocycles. The molecule has 24 heavy (non-hydrogen) atoms. The molecule has 1 N–H and O–H groups in total. The third kappa shape index (κ3) is 4.23. The Hall–Kier alpha value is -3.07. The molecule has 0 aliphatic heterocycles. The highest BCUT2D eigenvalue weighted by Crippen LogP contribution is 2.26. The molecule has 120 valence electrons. The predicted octanol–water partition coefficient (Wildman–Crippen LogP) is 5.16. The standard InChI is InChI=1S/C21H18O3/c22-21(23)15-8-16-6-11-19(12-7-16)24-20-13-9-18(10-14-20)17-4-2-1-3-5-17/h1-7,9-14H,8,15H2,(H,22,23). The first-order valence-electron chi connectivity index (χ1n) is 7.85. The van der Waals surface area contributed by atoms with Gasteiger partial charge in [0.25, 0.3) is 0 Å². The minimum absolute atomic E-state index is 0.140. The Labute approximate surface area is 141 Å². The molecule has 0 atom stereocenters. The highest BCUT2D eigenvalue weighted by molar-refractivity contribution is 5.67. The molecule has 0 radical (unpaired) electrons. The van der Waals surface area contributed by atoms with Crippen LogP contribution >= 0.6 is 0 Å². The zero-order valence-electron chi connectivity index (χ0n) is 13.2. The van der Waals surface area contributed by atoms with E-state index in [0.29, 0.717) is 6.42 Å². The minimum atomic E-state index is -0.783. The van der Waals surface area contributed by atoms with Gasteiger partial charge in [0.1, 0.15) is 11.5 Å². The summed E-state index contributed by atoms with van der Waals surface area (Å²) in [7, 11) is 0. The van der Waals surface area contributed by atoms with Gasteiger partial charge in [0.2, 0.25) is 0 Å². The van der Waals surface area contributed by atoms with Gasteiger partial charge in [-0.2, -0.15) is 0 Å². The maximum Gasteiger partial charge on any atom is 0.303 e. The van der Waals surface area contributed by atoms with Crippen molar-refractivity contribution in [2.75, 3.05) is 0 Å². The van der Waals surface area contributed by atoms with Crippen molar-refractivity contribution >= 4 is 5.97 Å². The molecular formula is C21H18O3. The lowest BCUT2D eigenvalue weighted by atomic mass is 10.1. The monoisotopic (exact) mass is 318 g/mol. The van der Waals surface area contributed by atoms with Crippen molar-refractivity contribution < 1.29 is 14.6 Å². The van der Waals surface area contributed by atoms with E-state index in [-0.39, 0.29) is 6.42 Å². The van der Waals surface area contributed by atoms with Crippen LogP contribution in [-0.4, -0.2) is 11.1 Å². The maximum atomic E-state index is 10.6. The molecule has 0 aliphatic rings. The number of ether oxygens (including phenoxy) is 1. The number of hydrogen-bond donors (Lipinski definition) is 1. The Morgan fingerprint density at radius 2 is 1.29 bits per heavy atom. The molecule has 3 rings (SSSR count). The summed E-state index contributed by atoms with van der Waals surface area (Å²) in [5, 5.41) is 8.70. The molecule has 0 amide bonds. The van der Waals surface area contributed by atoms with E-state index in [9.17, 15) is 4.79 Å². The lowest BCUT2D eigenvalue weighted by Gasteiger charge is -2.08. The van der Waals surface area contributed by atoms with Crippen LogP contribution in [0.1, 0.15) is 12.0 Å². The Balaban J connectivity index is 1.64. The smallest absolute Gasteiger partial charge is 0.303 e. The van der Waals surface area contributed by atoms with Crippen molar-refractivity contribution in [3.8, 4) is 22.6 Å². The third-order valence-electron chi connectivity index (χ3n) is 3.75. The summed E-state index contributed by atoms with van der Waals surface area (Å²) in [5.41, 5.74) is 3.31. The number of carboxylic acid groups (broad SMARTS) is 1. The first kappa shape index (κ1) is 15.8. The summed E-state index contributed by atoms with van der Waals surface area (Å²) in [6.07, 6.45) is 0.669. The molecule has 0 aliphatic carbocycles. The van der Waals surface area contributed by atoms with Crippen molar-refractivity contribution in [3.05, 3.63) is 84.4 Å². The van der Waals surface area contributed by atoms with E-state index in [1.807, 2.05) is 66.7 Å². The molecule has 0 saturated carbocycles. The van der Waals surface area contributed by atoms with Crippen LogP contribution in [0, 0.1) is 0 Å². The maximum absolute atomic E-state index is 10.6. The van der Waals surface area contributed by atoms with Gasteiger partial charge in [-0.15, -0.1) is 0 Å². The van der Waals surface area contributed by atoms with Gasteiger partial charge in [-0.1, -0.05) is 54.6 Å². The molecule has 0 saturated heterocycles. The van der Waals surface area contributed by atoms with E-state index in [1.54, 1.807) is 0 Å². The van der Waals surface area contributed by atoms with Gasteiger partial charge < -0.3 is 9.84 Å². The molecule has 3 aromatic rings.